The first-order chi connectivity index (χ1) is 8.24. The molecule has 0 unspecified atom stereocenters. The first-order valence-electron chi connectivity index (χ1n) is 6.15. The predicted octanol–water partition coefficient (Wildman–Crippen LogP) is 3.11. The van der Waals surface area contributed by atoms with Crippen LogP contribution in [0.3, 0.4) is 0 Å². The van der Waals surface area contributed by atoms with Crippen molar-refractivity contribution >= 4 is 23.2 Å². The van der Waals surface area contributed by atoms with Crippen LogP contribution in [0.2, 0.25) is 5.15 Å². The summed E-state index contributed by atoms with van der Waals surface area (Å²) in [5.41, 5.74) is 0.627. The van der Waals surface area contributed by atoms with Crippen LogP contribution < -0.4 is 5.32 Å². The van der Waals surface area contributed by atoms with Gasteiger partial charge in [0.25, 0.3) is 0 Å². The van der Waals surface area contributed by atoms with Gasteiger partial charge in [-0.3, -0.25) is 4.79 Å². The molecule has 0 aromatic carbocycles. The molecule has 0 radical (unpaired) electrons. The zero-order valence-electron chi connectivity index (χ0n) is 9.53. The molecule has 0 saturated heterocycles. The van der Waals surface area contributed by atoms with Gasteiger partial charge in [-0.2, -0.15) is 0 Å². The van der Waals surface area contributed by atoms with Crippen molar-refractivity contribution in [2.24, 2.45) is 17.8 Å². The van der Waals surface area contributed by atoms with E-state index in [2.05, 4.69) is 10.3 Å². The van der Waals surface area contributed by atoms with Gasteiger partial charge >= 0.3 is 0 Å². The van der Waals surface area contributed by atoms with Crippen LogP contribution in [0.5, 0.6) is 0 Å². The Labute approximate surface area is 106 Å². The van der Waals surface area contributed by atoms with E-state index in [1.807, 2.05) is 0 Å². The molecule has 2 aliphatic carbocycles. The van der Waals surface area contributed by atoms with E-state index in [4.69, 9.17) is 11.6 Å². The monoisotopic (exact) mass is 250 g/mol. The van der Waals surface area contributed by atoms with Gasteiger partial charge in [0.05, 0.1) is 5.69 Å². The molecule has 1 aromatic rings. The Morgan fingerprint density at radius 1 is 1.41 bits per heavy atom. The van der Waals surface area contributed by atoms with Crippen LogP contribution in [0.4, 0.5) is 5.69 Å². The third kappa shape index (κ3) is 2.04. The fourth-order valence-corrected chi connectivity index (χ4v) is 3.44. The molecule has 2 bridgehead atoms. The topological polar surface area (TPSA) is 42.0 Å². The molecule has 4 heteroatoms. The van der Waals surface area contributed by atoms with Crippen LogP contribution in [0.15, 0.2) is 18.3 Å². The summed E-state index contributed by atoms with van der Waals surface area (Å²) in [6.07, 6.45) is 6.42. The normalized spacial score (nSPS) is 30.5. The summed E-state index contributed by atoms with van der Waals surface area (Å²) >= 11 is 5.93. The van der Waals surface area contributed by atoms with Crippen molar-refractivity contribution in [1.29, 1.82) is 0 Å². The maximum atomic E-state index is 12.2. The minimum Gasteiger partial charge on any atom is -0.323 e. The number of amides is 1. The molecule has 1 heterocycles. The van der Waals surface area contributed by atoms with Gasteiger partial charge in [-0.15, -0.1) is 0 Å². The Morgan fingerprint density at radius 2 is 2.29 bits per heavy atom. The average Bonchev–Trinajstić information content (AvgIpc) is 2.94. The van der Waals surface area contributed by atoms with E-state index in [-0.39, 0.29) is 11.8 Å². The number of nitrogens with zero attached hydrogens (tertiary/aromatic N) is 1. The number of nitrogens with one attached hydrogen (secondary N) is 1. The number of hydrogen-bond donors (Lipinski definition) is 1. The highest BCUT2D eigenvalue weighted by molar-refractivity contribution is 6.32. The molecule has 3 atom stereocenters. The van der Waals surface area contributed by atoms with Crippen LogP contribution in [0, 0.1) is 17.8 Å². The predicted molar refractivity (Wildman–Crippen MR) is 66.8 cm³/mol. The van der Waals surface area contributed by atoms with Crippen molar-refractivity contribution in [2.45, 2.75) is 25.7 Å². The molecule has 2 saturated carbocycles. The Morgan fingerprint density at radius 3 is 2.94 bits per heavy atom. The van der Waals surface area contributed by atoms with Gasteiger partial charge in [0.1, 0.15) is 0 Å². The maximum Gasteiger partial charge on any atom is 0.227 e. The second kappa shape index (κ2) is 4.30. The van der Waals surface area contributed by atoms with Crippen LogP contribution in [0.25, 0.3) is 0 Å². The molecule has 2 aliphatic rings. The molecular formula is C13H15ClN2O. The smallest absolute Gasteiger partial charge is 0.227 e. The first kappa shape index (κ1) is 11.0. The van der Waals surface area contributed by atoms with E-state index in [1.165, 1.54) is 19.3 Å². The van der Waals surface area contributed by atoms with Gasteiger partial charge in [0.2, 0.25) is 5.91 Å². The zero-order chi connectivity index (χ0) is 11.8. The number of halogens is 1. The summed E-state index contributed by atoms with van der Waals surface area (Å²) in [5, 5.41) is 3.27. The van der Waals surface area contributed by atoms with Crippen molar-refractivity contribution in [1.82, 2.24) is 4.98 Å². The Hall–Kier alpha value is -1.09. The summed E-state index contributed by atoms with van der Waals surface area (Å²) < 4.78 is 0. The largest absolute Gasteiger partial charge is 0.323 e. The van der Waals surface area contributed by atoms with Crippen molar-refractivity contribution in [3.8, 4) is 0 Å². The Bertz CT molecular complexity index is 449. The number of rotatable bonds is 2. The quantitative estimate of drug-likeness (QED) is 0.820. The number of carbonyl (C=O) groups is 1. The minimum absolute atomic E-state index is 0.118. The van der Waals surface area contributed by atoms with E-state index in [1.54, 1.807) is 18.3 Å². The molecule has 2 fully saturated rings. The second-order valence-corrected chi connectivity index (χ2v) is 5.47. The second-order valence-electron chi connectivity index (χ2n) is 5.11. The van der Waals surface area contributed by atoms with Gasteiger partial charge in [0.15, 0.2) is 5.15 Å². The van der Waals surface area contributed by atoms with Crippen molar-refractivity contribution < 1.29 is 4.79 Å². The molecule has 1 aromatic heterocycles. The number of anilines is 1. The Kier molecular flexibility index (Phi) is 2.79. The molecule has 3 rings (SSSR count). The summed E-state index contributed by atoms with van der Waals surface area (Å²) in [6, 6.07) is 3.57. The third-order valence-electron chi connectivity index (χ3n) is 4.09. The molecule has 17 heavy (non-hydrogen) atoms. The fraction of sp³-hybridized carbons (Fsp3) is 0.538. The van der Waals surface area contributed by atoms with E-state index in [0.29, 0.717) is 16.8 Å². The van der Waals surface area contributed by atoms with Gasteiger partial charge in [-0.25, -0.2) is 4.98 Å². The molecule has 0 spiro atoms. The van der Waals surface area contributed by atoms with Gasteiger partial charge in [-0.05, 0) is 43.2 Å². The zero-order valence-corrected chi connectivity index (χ0v) is 10.3. The standard InChI is InChI=1S/C13H15ClN2O/c14-12-11(2-1-5-15-12)16-13(17)10-7-8-3-4-9(10)6-8/h1-2,5,8-10H,3-4,6-7H2,(H,16,17)/t8-,9-,10+/m1/s1. The van der Waals surface area contributed by atoms with Gasteiger partial charge in [0, 0.05) is 12.1 Å². The number of pyridine rings is 1. The van der Waals surface area contributed by atoms with Crippen LogP contribution >= 0.6 is 11.6 Å². The highest BCUT2D eigenvalue weighted by atomic mass is 35.5. The molecule has 1 N–H and O–H groups in total. The maximum absolute atomic E-state index is 12.2. The lowest BCUT2D eigenvalue weighted by Crippen LogP contribution is -2.27. The van der Waals surface area contributed by atoms with Gasteiger partial charge < -0.3 is 5.32 Å². The van der Waals surface area contributed by atoms with Gasteiger partial charge in [-0.1, -0.05) is 18.0 Å². The highest BCUT2D eigenvalue weighted by Crippen LogP contribution is 2.48. The first-order valence-corrected chi connectivity index (χ1v) is 6.53. The number of fused-ring (bicyclic) bond motifs is 2. The van der Waals surface area contributed by atoms with E-state index in [0.717, 1.165) is 12.3 Å². The lowest BCUT2D eigenvalue weighted by atomic mass is 9.88. The Balaban J connectivity index is 1.70. The SMILES string of the molecule is O=C(Nc1cccnc1Cl)[C@H]1C[C@@H]2CC[C@@H]1C2. The van der Waals surface area contributed by atoms with Crippen molar-refractivity contribution in [2.75, 3.05) is 5.32 Å². The molecule has 1 amide bonds. The van der Waals surface area contributed by atoms with E-state index < -0.39 is 0 Å². The van der Waals surface area contributed by atoms with E-state index >= 15 is 0 Å². The summed E-state index contributed by atoms with van der Waals surface area (Å²) in [5.74, 6) is 1.67. The van der Waals surface area contributed by atoms with Crippen LogP contribution in [-0.2, 0) is 4.79 Å². The minimum atomic E-state index is 0.118. The highest BCUT2D eigenvalue weighted by Gasteiger charge is 2.43. The molecule has 0 aliphatic heterocycles. The molecule has 3 nitrogen and oxygen atoms in total. The number of aromatic nitrogens is 1. The molecular weight excluding hydrogens is 236 g/mol. The van der Waals surface area contributed by atoms with Crippen molar-refractivity contribution in [3.05, 3.63) is 23.5 Å². The number of hydrogen-bond acceptors (Lipinski definition) is 2. The van der Waals surface area contributed by atoms with Crippen LogP contribution in [0.1, 0.15) is 25.7 Å². The average molecular weight is 251 g/mol. The summed E-state index contributed by atoms with van der Waals surface area (Å²) in [4.78, 5) is 16.1. The lowest BCUT2D eigenvalue weighted by Gasteiger charge is -2.20. The molecule has 90 valence electrons. The van der Waals surface area contributed by atoms with E-state index in [9.17, 15) is 4.79 Å². The van der Waals surface area contributed by atoms with Crippen molar-refractivity contribution in [3.63, 3.8) is 0 Å². The van der Waals surface area contributed by atoms with Crippen LogP contribution in [-0.4, -0.2) is 10.9 Å². The number of carbonyl (C=O) groups excluding carboxylic acids is 1. The lowest BCUT2D eigenvalue weighted by molar-refractivity contribution is -0.121. The summed E-state index contributed by atoms with van der Waals surface area (Å²) in [6.45, 7) is 0. The fourth-order valence-electron chi connectivity index (χ4n) is 3.27. The third-order valence-corrected chi connectivity index (χ3v) is 4.39. The summed E-state index contributed by atoms with van der Waals surface area (Å²) in [7, 11) is 0.